The number of nitro groups is 1. The van der Waals surface area contributed by atoms with E-state index in [2.05, 4.69) is 30.7 Å². The van der Waals surface area contributed by atoms with Crippen LogP contribution in [-0.2, 0) is 5.41 Å². The van der Waals surface area contributed by atoms with Crippen molar-refractivity contribution in [3.05, 3.63) is 50.7 Å². The van der Waals surface area contributed by atoms with Crippen LogP contribution in [0, 0.1) is 10.1 Å². The molecule has 0 radical (unpaired) electrons. The highest BCUT2D eigenvalue weighted by Crippen LogP contribution is 2.34. The molecule has 1 aromatic heterocycles. The Bertz CT molecular complexity index is 626. The summed E-state index contributed by atoms with van der Waals surface area (Å²) in [6, 6.07) is 9.06. The molecule has 21 heavy (non-hydrogen) atoms. The number of nitrogens with one attached hydrogen (secondary N) is 2. The number of nitro benzene ring substituents is 1. The summed E-state index contributed by atoms with van der Waals surface area (Å²) in [7, 11) is 0. The first kappa shape index (κ1) is 15.3. The average molecular weight is 306 g/mol. The van der Waals surface area contributed by atoms with Crippen molar-refractivity contribution in [1.29, 1.82) is 0 Å². The van der Waals surface area contributed by atoms with Crippen LogP contribution in [0.5, 0.6) is 0 Å². The summed E-state index contributed by atoms with van der Waals surface area (Å²) >= 11 is 1.68. The van der Waals surface area contributed by atoms with Gasteiger partial charge in [0.1, 0.15) is 11.4 Å². The van der Waals surface area contributed by atoms with Crippen LogP contribution in [0.1, 0.15) is 18.7 Å². The molecule has 2 rings (SSSR count). The van der Waals surface area contributed by atoms with E-state index in [0.717, 1.165) is 0 Å². The molecular formula is C14H18N4O2S. The number of thiophene rings is 1. The molecule has 0 saturated carbocycles. The van der Waals surface area contributed by atoms with Crippen LogP contribution in [0.2, 0.25) is 0 Å². The number of hydrogen-bond donors (Lipinski definition) is 3. The second-order valence-corrected chi connectivity index (χ2v) is 6.27. The Balaban J connectivity index is 2.22. The van der Waals surface area contributed by atoms with E-state index in [1.54, 1.807) is 29.5 Å². The number of anilines is 2. The van der Waals surface area contributed by atoms with Crippen LogP contribution >= 0.6 is 11.3 Å². The Labute approximate surface area is 127 Å². The van der Waals surface area contributed by atoms with Crippen molar-refractivity contribution >= 4 is 28.4 Å². The van der Waals surface area contributed by atoms with Gasteiger partial charge in [-0.15, -0.1) is 11.3 Å². The van der Waals surface area contributed by atoms with Gasteiger partial charge in [-0.2, -0.15) is 0 Å². The largest absolute Gasteiger partial charge is 0.379 e. The number of hydrazine groups is 1. The number of rotatable bonds is 6. The molecule has 6 nitrogen and oxygen atoms in total. The van der Waals surface area contributed by atoms with E-state index in [1.165, 1.54) is 4.88 Å². The van der Waals surface area contributed by atoms with Gasteiger partial charge >= 0.3 is 5.69 Å². The molecule has 0 aliphatic rings. The lowest BCUT2D eigenvalue weighted by molar-refractivity contribution is -0.383. The van der Waals surface area contributed by atoms with Crippen LogP contribution < -0.4 is 16.6 Å². The Hall–Kier alpha value is -2.12. The predicted octanol–water partition coefficient (Wildman–Crippen LogP) is 3.33. The molecule has 0 aliphatic carbocycles. The highest BCUT2D eigenvalue weighted by atomic mass is 32.1. The van der Waals surface area contributed by atoms with Gasteiger partial charge in [-0.05, 0) is 23.6 Å². The third kappa shape index (κ3) is 3.32. The Morgan fingerprint density at radius 3 is 2.57 bits per heavy atom. The molecule has 112 valence electrons. The first-order chi connectivity index (χ1) is 9.95. The van der Waals surface area contributed by atoms with Crippen molar-refractivity contribution in [3.63, 3.8) is 0 Å². The third-order valence-electron chi connectivity index (χ3n) is 3.28. The van der Waals surface area contributed by atoms with Crippen LogP contribution in [-0.4, -0.2) is 11.5 Å². The smallest absolute Gasteiger partial charge is 0.316 e. The molecule has 4 N–H and O–H groups in total. The summed E-state index contributed by atoms with van der Waals surface area (Å²) in [5.74, 6) is 5.34. The molecule has 1 aromatic carbocycles. The summed E-state index contributed by atoms with van der Waals surface area (Å²) < 4.78 is 0. The summed E-state index contributed by atoms with van der Waals surface area (Å²) in [5.41, 5.74) is 2.95. The summed E-state index contributed by atoms with van der Waals surface area (Å²) in [6.45, 7) is 4.79. The summed E-state index contributed by atoms with van der Waals surface area (Å²) in [4.78, 5) is 12.0. The van der Waals surface area contributed by atoms with Crippen LogP contribution in [0.15, 0.2) is 35.7 Å². The number of para-hydroxylation sites is 1. The van der Waals surface area contributed by atoms with E-state index in [0.29, 0.717) is 17.9 Å². The van der Waals surface area contributed by atoms with Crippen molar-refractivity contribution in [3.8, 4) is 0 Å². The lowest BCUT2D eigenvalue weighted by Gasteiger charge is -2.24. The molecule has 0 atom stereocenters. The molecule has 0 bridgehead atoms. The average Bonchev–Trinajstić information content (AvgIpc) is 2.99. The van der Waals surface area contributed by atoms with Gasteiger partial charge in [0.15, 0.2) is 0 Å². The van der Waals surface area contributed by atoms with Crippen LogP contribution in [0.3, 0.4) is 0 Å². The number of nitrogens with zero attached hydrogens (tertiary/aromatic N) is 1. The Kier molecular flexibility index (Phi) is 4.44. The van der Waals surface area contributed by atoms with E-state index < -0.39 is 4.92 Å². The minimum Gasteiger partial charge on any atom is -0.379 e. The van der Waals surface area contributed by atoms with E-state index >= 15 is 0 Å². The lowest BCUT2D eigenvalue weighted by Crippen LogP contribution is -2.27. The number of nitrogen functional groups attached to an aromatic ring is 1. The fourth-order valence-electron chi connectivity index (χ4n) is 2.07. The van der Waals surface area contributed by atoms with Crippen molar-refractivity contribution in [2.45, 2.75) is 19.3 Å². The number of nitrogens with two attached hydrogens (primary N) is 1. The van der Waals surface area contributed by atoms with E-state index in [-0.39, 0.29) is 11.1 Å². The second kappa shape index (κ2) is 6.11. The van der Waals surface area contributed by atoms with Crippen LogP contribution in [0.25, 0.3) is 0 Å². The molecule has 0 aliphatic heterocycles. The van der Waals surface area contributed by atoms with Crippen molar-refractivity contribution in [2.24, 2.45) is 5.84 Å². The van der Waals surface area contributed by atoms with E-state index in [1.807, 2.05) is 11.4 Å². The van der Waals surface area contributed by atoms with Gasteiger partial charge in [-0.3, -0.25) is 16.0 Å². The Morgan fingerprint density at radius 2 is 2.00 bits per heavy atom. The molecule has 0 amide bonds. The SMILES string of the molecule is CC(C)(CNc1cccc(NN)c1[N+](=O)[O-])c1cccs1. The zero-order valence-corrected chi connectivity index (χ0v) is 12.7. The molecule has 1 heterocycles. The van der Waals surface area contributed by atoms with Gasteiger partial charge in [0, 0.05) is 16.8 Å². The maximum Gasteiger partial charge on any atom is 0.316 e. The van der Waals surface area contributed by atoms with Gasteiger partial charge < -0.3 is 10.7 Å². The lowest BCUT2D eigenvalue weighted by atomic mass is 9.91. The monoisotopic (exact) mass is 306 g/mol. The molecule has 2 aromatic rings. The van der Waals surface area contributed by atoms with Gasteiger partial charge in [0.25, 0.3) is 0 Å². The molecule has 0 unspecified atom stereocenters. The fourth-order valence-corrected chi connectivity index (χ4v) is 2.92. The molecule has 0 spiro atoms. The first-order valence-corrected chi connectivity index (χ1v) is 7.35. The normalized spacial score (nSPS) is 11.2. The zero-order valence-electron chi connectivity index (χ0n) is 11.9. The maximum absolute atomic E-state index is 11.2. The highest BCUT2D eigenvalue weighted by molar-refractivity contribution is 7.10. The van der Waals surface area contributed by atoms with Crippen molar-refractivity contribution < 1.29 is 4.92 Å². The predicted molar refractivity (Wildman–Crippen MR) is 86.7 cm³/mol. The number of hydrogen-bond acceptors (Lipinski definition) is 6. The minimum atomic E-state index is -0.435. The van der Waals surface area contributed by atoms with E-state index in [9.17, 15) is 10.1 Å². The maximum atomic E-state index is 11.2. The second-order valence-electron chi connectivity index (χ2n) is 5.32. The quantitative estimate of drug-likeness (QED) is 0.432. The van der Waals surface area contributed by atoms with Gasteiger partial charge in [0.05, 0.1) is 4.92 Å². The van der Waals surface area contributed by atoms with Crippen LogP contribution in [0.4, 0.5) is 17.1 Å². The van der Waals surface area contributed by atoms with E-state index in [4.69, 9.17) is 5.84 Å². The highest BCUT2D eigenvalue weighted by Gasteiger charge is 2.24. The zero-order chi connectivity index (χ0) is 15.5. The molecule has 0 fully saturated rings. The molecule has 0 saturated heterocycles. The topological polar surface area (TPSA) is 93.2 Å². The standard InChI is InChI=1S/C14H18N4O2S/c1-14(2,12-7-4-8-21-12)9-16-10-5-3-6-11(17-15)13(10)18(19)20/h3-8,16-17H,9,15H2,1-2H3. The number of benzene rings is 1. The molecular weight excluding hydrogens is 288 g/mol. The van der Waals surface area contributed by atoms with Gasteiger partial charge in [-0.1, -0.05) is 26.0 Å². The van der Waals surface area contributed by atoms with Gasteiger partial charge in [0.2, 0.25) is 0 Å². The summed E-state index contributed by atoms with van der Waals surface area (Å²) in [6.07, 6.45) is 0. The third-order valence-corrected chi connectivity index (χ3v) is 4.52. The fraction of sp³-hybridized carbons (Fsp3) is 0.286. The van der Waals surface area contributed by atoms with Gasteiger partial charge in [-0.25, -0.2) is 0 Å². The minimum absolute atomic E-state index is 0.0398. The summed E-state index contributed by atoms with van der Waals surface area (Å²) in [5, 5.41) is 16.4. The molecule has 7 heteroatoms. The Morgan fingerprint density at radius 1 is 1.29 bits per heavy atom. The van der Waals surface area contributed by atoms with Crippen molar-refractivity contribution in [1.82, 2.24) is 0 Å². The van der Waals surface area contributed by atoms with Crippen molar-refractivity contribution in [2.75, 3.05) is 17.3 Å². The first-order valence-electron chi connectivity index (χ1n) is 6.47.